The number of halogens is 1. The zero-order chi connectivity index (χ0) is 7.84. The second kappa shape index (κ2) is 4.60. The molecule has 1 aromatic rings. The van der Waals surface area contributed by atoms with Gasteiger partial charge in [0, 0.05) is 11.1 Å². The molecule has 3 nitrogen and oxygen atoms in total. The molecule has 5 heteroatoms. The van der Waals surface area contributed by atoms with Crippen molar-refractivity contribution < 1.29 is 22.0 Å². The van der Waals surface area contributed by atoms with Gasteiger partial charge in [-0.2, -0.15) is 0 Å². The Hall–Kier alpha value is -0.584. The Morgan fingerprint density at radius 1 is 0.923 bits per heavy atom. The van der Waals surface area contributed by atoms with Gasteiger partial charge in [-0.15, -0.1) is 0 Å². The number of imide groups is 1. The van der Waals surface area contributed by atoms with Gasteiger partial charge in [-0.1, -0.05) is 24.3 Å². The summed E-state index contributed by atoms with van der Waals surface area (Å²) in [6.07, 6.45) is 0. The molecule has 0 aromatic heterocycles. The molecule has 2 rings (SSSR count). The number of rotatable bonds is 0. The van der Waals surface area contributed by atoms with E-state index in [1.54, 1.807) is 24.3 Å². The fourth-order valence-electron chi connectivity index (χ4n) is 1.07. The van der Waals surface area contributed by atoms with Gasteiger partial charge in [0.25, 0.3) is 0 Å². The van der Waals surface area contributed by atoms with Crippen molar-refractivity contribution in [2.24, 2.45) is 0 Å². The number of amides is 2. The second-order valence-corrected chi connectivity index (χ2v) is 2.27. The first-order valence-electron chi connectivity index (χ1n) is 3.18. The molecule has 0 unspecified atom stereocenters. The minimum Gasteiger partial charge on any atom is -1.00 e. The van der Waals surface area contributed by atoms with Gasteiger partial charge in [-0.05, 0) is 0 Å². The summed E-state index contributed by atoms with van der Waals surface area (Å²) in [7, 11) is 0. The molecule has 0 saturated carbocycles. The van der Waals surface area contributed by atoms with E-state index in [-0.39, 0.29) is 35.5 Å². The van der Waals surface area contributed by atoms with Gasteiger partial charge < -0.3 is 27.3 Å². The molecule has 1 aromatic carbocycles. The quantitative estimate of drug-likeness (QED) is 0.363. The largest absolute Gasteiger partial charge is 2.00 e. The van der Waals surface area contributed by atoms with E-state index >= 15 is 0 Å². The summed E-state index contributed by atoms with van der Waals surface area (Å²) >= 11 is 0. The molecule has 13 heavy (non-hydrogen) atoms. The summed E-state index contributed by atoms with van der Waals surface area (Å²) < 4.78 is 0. The Labute approximate surface area is 97.5 Å². The molecule has 62 valence electrons. The maximum atomic E-state index is 10.9. The Balaban J connectivity index is 0.000000720. The Bertz CT molecular complexity index is 321. The van der Waals surface area contributed by atoms with Crippen molar-refractivity contribution in [2.45, 2.75) is 0 Å². The summed E-state index contributed by atoms with van der Waals surface area (Å²) in [5.74, 6) is -0.851. The number of hydrogen-bond donors (Lipinski definition) is 0. The average Bonchev–Trinajstić information content (AvgIpc) is 2.30. The first kappa shape index (κ1) is 12.4. The van der Waals surface area contributed by atoms with Crippen molar-refractivity contribution in [3.63, 3.8) is 0 Å². The van der Waals surface area contributed by atoms with Crippen LogP contribution in [-0.2, 0) is 0 Å². The SMILES string of the molecule is O=C1[N-]C(=O)c2ccccc21.[Cl-].[Mg+2]. The molecule has 0 atom stereocenters. The minimum atomic E-state index is -0.425. The predicted octanol–water partition coefficient (Wildman–Crippen LogP) is -2.02. The molecule has 1 heterocycles. The molecule has 0 N–H and O–H groups in total. The Morgan fingerprint density at radius 3 is 1.69 bits per heavy atom. The second-order valence-electron chi connectivity index (χ2n) is 2.27. The number of carbonyl (C=O) groups is 2. The van der Waals surface area contributed by atoms with Crippen LogP contribution in [0.1, 0.15) is 20.7 Å². The van der Waals surface area contributed by atoms with E-state index in [1.165, 1.54) is 0 Å². The number of nitrogens with zero attached hydrogens (tertiary/aromatic N) is 1. The van der Waals surface area contributed by atoms with Gasteiger partial charge in [-0.25, -0.2) is 0 Å². The molecule has 1 aliphatic rings. The van der Waals surface area contributed by atoms with E-state index in [0.29, 0.717) is 11.1 Å². The van der Waals surface area contributed by atoms with E-state index in [1.807, 2.05) is 0 Å². The summed E-state index contributed by atoms with van der Waals surface area (Å²) in [6.45, 7) is 0. The molecule has 0 saturated heterocycles. The van der Waals surface area contributed by atoms with Crippen LogP contribution in [0.2, 0.25) is 0 Å². The summed E-state index contributed by atoms with van der Waals surface area (Å²) in [6, 6.07) is 6.63. The zero-order valence-corrected chi connectivity index (χ0v) is 8.83. The maximum Gasteiger partial charge on any atom is 2.00 e. The molecule has 2 amide bonds. The van der Waals surface area contributed by atoms with Crippen LogP contribution in [-0.4, -0.2) is 34.9 Å². The number of hydrogen-bond acceptors (Lipinski definition) is 2. The molecule has 0 radical (unpaired) electrons. The Morgan fingerprint density at radius 2 is 1.31 bits per heavy atom. The number of benzene rings is 1. The first-order chi connectivity index (χ1) is 5.29. The van der Waals surface area contributed by atoms with E-state index in [0.717, 1.165) is 0 Å². The Kier molecular flexibility index (Phi) is 4.39. The normalized spacial score (nSPS) is 12.3. The number of fused-ring (bicyclic) bond motifs is 1. The van der Waals surface area contributed by atoms with Gasteiger partial charge in [0.2, 0.25) is 0 Å². The van der Waals surface area contributed by atoms with Crippen molar-refractivity contribution in [3.05, 3.63) is 40.7 Å². The third-order valence-corrected chi connectivity index (χ3v) is 1.59. The van der Waals surface area contributed by atoms with Crippen molar-refractivity contribution in [3.8, 4) is 0 Å². The predicted molar refractivity (Wildman–Crippen MR) is 44.2 cm³/mol. The van der Waals surface area contributed by atoms with E-state index in [4.69, 9.17) is 0 Å². The van der Waals surface area contributed by atoms with E-state index < -0.39 is 11.8 Å². The number of carbonyl (C=O) groups excluding carboxylic acids is 2. The first-order valence-corrected chi connectivity index (χ1v) is 3.18. The summed E-state index contributed by atoms with van der Waals surface area (Å²) in [4.78, 5) is 21.8. The third kappa shape index (κ3) is 2.01. The maximum absolute atomic E-state index is 10.9. The van der Waals surface area contributed by atoms with Gasteiger partial charge in [0.05, 0.1) is 11.8 Å². The van der Waals surface area contributed by atoms with Crippen LogP contribution in [0.5, 0.6) is 0 Å². The standard InChI is InChI=1S/C8H5NO2.ClH.Mg/c10-7-5-3-1-2-4-6(5)8(11)9-7;;/h1-4H,(H,9,10,11);1H;/q;;+2/p-2. The van der Waals surface area contributed by atoms with Crippen LogP contribution in [0.4, 0.5) is 0 Å². The molecule has 0 aliphatic carbocycles. The van der Waals surface area contributed by atoms with Gasteiger partial charge in [-0.3, -0.25) is 0 Å². The van der Waals surface area contributed by atoms with Crippen LogP contribution >= 0.6 is 0 Å². The van der Waals surface area contributed by atoms with Gasteiger partial charge >= 0.3 is 23.1 Å². The fraction of sp³-hybridized carbons (Fsp3) is 0. The zero-order valence-electron chi connectivity index (χ0n) is 6.66. The average molecular weight is 206 g/mol. The van der Waals surface area contributed by atoms with Crippen molar-refractivity contribution in [1.29, 1.82) is 0 Å². The third-order valence-electron chi connectivity index (χ3n) is 1.59. The summed E-state index contributed by atoms with van der Waals surface area (Å²) in [5, 5.41) is 3.28. The van der Waals surface area contributed by atoms with Crippen molar-refractivity contribution >= 4 is 34.9 Å². The van der Waals surface area contributed by atoms with Crippen molar-refractivity contribution in [1.82, 2.24) is 0 Å². The van der Waals surface area contributed by atoms with Crippen molar-refractivity contribution in [2.75, 3.05) is 0 Å². The molecular formula is C8H4ClMgNO2. The molecule has 0 bridgehead atoms. The molecular weight excluding hydrogens is 202 g/mol. The smallest absolute Gasteiger partial charge is 1.00 e. The topological polar surface area (TPSA) is 48.2 Å². The van der Waals surface area contributed by atoms with E-state index in [9.17, 15) is 9.59 Å². The van der Waals surface area contributed by atoms with Gasteiger partial charge in [0.1, 0.15) is 0 Å². The summed E-state index contributed by atoms with van der Waals surface area (Å²) in [5.41, 5.74) is 0.829. The fourth-order valence-corrected chi connectivity index (χ4v) is 1.07. The van der Waals surface area contributed by atoms with Crippen LogP contribution in [0.3, 0.4) is 0 Å². The van der Waals surface area contributed by atoms with E-state index in [2.05, 4.69) is 5.32 Å². The monoisotopic (exact) mass is 205 g/mol. The minimum absolute atomic E-state index is 0. The van der Waals surface area contributed by atoms with Crippen LogP contribution < -0.4 is 12.4 Å². The van der Waals surface area contributed by atoms with Crippen LogP contribution in [0, 0.1) is 0 Å². The van der Waals surface area contributed by atoms with Gasteiger partial charge in [0.15, 0.2) is 0 Å². The molecule has 0 spiro atoms. The molecule has 1 aliphatic heterocycles. The van der Waals surface area contributed by atoms with Crippen LogP contribution in [0.25, 0.3) is 5.32 Å². The molecule has 0 fully saturated rings. The van der Waals surface area contributed by atoms with Crippen LogP contribution in [0.15, 0.2) is 24.3 Å².